The van der Waals surface area contributed by atoms with E-state index in [-0.39, 0.29) is 11.9 Å². The Bertz CT molecular complexity index is 480. The van der Waals surface area contributed by atoms with Gasteiger partial charge in [-0.15, -0.1) is 12.3 Å². The summed E-state index contributed by atoms with van der Waals surface area (Å²) in [6.07, 6.45) is 10.2. The summed E-state index contributed by atoms with van der Waals surface area (Å²) in [6.45, 7) is 2.17. The Morgan fingerprint density at radius 1 is 1.40 bits per heavy atom. The summed E-state index contributed by atoms with van der Waals surface area (Å²) in [5.74, 6) is 2.84. The molecule has 0 radical (unpaired) electrons. The molecule has 20 heavy (non-hydrogen) atoms. The molecule has 3 heteroatoms. The zero-order chi connectivity index (χ0) is 14.8. The fraction of sp³-hybridized carbons (Fsp3) is 0.353. The molecule has 0 spiro atoms. The van der Waals surface area contributed by atoms with Crippen molar-refractivity contribution >= 4 is 12.0 Å². The topological polar surface area (TPSA) is 35.5 Å². The molecular weight excluding hydrogens is 252 g/mol. The quantitative estimate of drug-likeness (QED) is 0.564. The van der Waals surface area contributed by atoms with Gasteiger partial charge in [0.2, 0.25) is 0 Å². The van der Waals surface area contributed by atoms with Gasteiger partial charge in [-0.2, -0.15) is 0 Å². The fourth-order valence-corrected chi connectivity index (χ4v) is 1.75. The van der Waals surface area contributed by atoms with E-state index in [9.17, 15) is 4.79 Å². The van der Waals surface area contributed by atoms with Crippen LogP contribution in [0.5, 0.6) is 5.75 Å². The second-order valence-electron chi connectivity index (χ2n) is 4.27. The van der Waals surface area contributed by atoms with Gasteiger partial charge < -0.3 is 9.47 Å². The van der Waals surface area contributed by atoms with Gasteiger partial charge in [-0.1, -0.05) is 24.3 Å². The lowest BCUT2D eigenvalue weighted by Crippen LogP contribution is -2.16. The molecule has 106 valence electrons. The van der Waals surface area contributed by atoms with E-state index in [1.54, 1.807) is 14.0 Å². The number of terminal acetylenes is 1. The van der Waals surface area contributed by atoms with Gasteiger partial charge in [0.25, 0.3) is 0 Å². The van der Waals surface area contributed by atoms with E-state index in [0.717, 1.165) is 11.3 Å². The number of carbonyl (C=O) groups excluding carboxylic acids is 1. The minimum Gasteiger partial charge on any atom is -0.497 e. The Kier molecular flexibility index (Phi) is 6.99. The summed E-state index contributed by atoms with van der Waals surface area (Å²) in [6, 6.07) is 7.69. The largest absolute Gasteiger partial charge is 0.497 e. The minimum atomic E-state index is -0.269. The van der Waals surface area contributed by atoms with Gasteiger partial charge in [0.15, 0.2) is 0 Å². The molecule has 0 aliphatic heterocycles. The van der Waals surface area contributed by atoms with Crippen LogP contribution in [0.25, 0.3) is 6.08 Å². The van der Waals surface area contributed by atoms with Crippen LogP contribution in [0.2, 0.25) is 0 Å². The van der Waals surface area contributed by atoms with E-state index in [0.29, 0.717) is 19.4 Å². The molecule has 1 rings (SSSR count). The molecule has 1 unspecified atom stereocenters. The Labute approximate surface area is 120 Å². The summed E-state index contributed by atoms with van der Waals surface area (Å²) in [7, 11) is 1.63. The lowest BCUT2D eigenvalue weighted by atomic mass is 10.0. The highest BCUT2D eigenvalue weighted by molar-refractivity contribution is 5.73. The molecule has 0 amide bonds. The van der Waals surface area contributed by atoms with E-state index in [1.165, 1.54) is 0 Å². The van der Waals surface area contributed by atoms with Crippen LogP contribution in [0.1, 0.15) is 25.3 Å². The lowest BCUT2D eigenvalue weighted by molar-refractivity contribution is -0.147. The van der Waals surface area contributed by atoms with Crippen LogP contribution in [0, 0.1) is 18.3 Å². The molecule has 0 aliphatic rings. The number of ether oxygens (including phenoxy) is 2. The lowest BCUT2D eigenvalue weighted by Gasteiger charge is -2.10. The third-order valence-corrected chi connectivity index (χ3v) is 2.83. The highest BCUT2D eigenvalue weighted by Gasteiger charge is 2.16. The van der Waals surface area contributed by atoms with Crippen molar-refractivity contribution in [1.29, 1.82) is 0 Å². The van der Waals surface area contributed by atoms with E-state index in [1.807, 2.05) is 36.4 Å². The Morgan fingerprint density at radius 3 is 2.65 bits per heavy atom. The number of carbonyl (C=O) groups is 1. The normalized spacial score (nSPS) is 11.8. The third kappa shape index (κ3) is 5.19. The van der Waals surface area contributed by atoms with Gasteiger partial charge in [0.05, 0.1) is 19.6 Å². The summed E-state index contributed by atoms with van der Waals surface area (Å²) < 4.78 is 10.1. The number of allylic oxidation sites excluding steroid dienone is 1. The SMILES string of the molecule is C#CCC(C/C=C/c1ccc(OC)cc1)C(=O)OCC. The molecule has 0 aliphatic carbocycles. The number of hydrogen-bond acceptors (Lipinski definition) is 3. The van der Waals surface area contributed by atoms with Crippen molar-refractivity contribution in [2.45, 2.75) is 19.8 Å². The van der Waals surface area contributed by atoms with E-state index < -0.39 is 0 Å². The first kappa shape index (κ1) is 15.8. The zero-order valence-corrected chi connectivity index (χ0v) is 12.0. The summed E-state index contributed by atoms with van der Waals surface area (Å²) in [5, 5.41) is 0. The Morgan fingerprint density at radius 2 is 2.10 bits per heavy atom. The van der Waals surface area contributed by atoms with Crippen molar-refractivity contribution in [3.05, 3.63) is 35.9 Å². The van der Waals surface area contributed by atoms with Gasteiger partial charge in [-0.05, 0) is 31.0 Å². The predicted molar refractivity (Wildman–Crippen MR) is 80.2 cm³/mol. The second kappa shape index (κ2) is 8.82. The van der Waals surface area contributed by atoms with Crippen molar-refractivity contribution in [1.82, 2.24) is 0 Å². The number of methoxy groups -OCH3 is 1. The molecule has 0 heterocycles. The monoisotopic (exact) mass is 272 g/mol. The fourth-order valence-electron chi connectivity index (χ4n) is 1.75. The van der Waals surface area contributed by atoms with Crippen molar-refractivity contribution in [3.8, 4) is 18.1 Å². The van der Waals surface area contributed by atoms with Crippen LogP contribution in [0.15, 0.2) is 30.3 Å². The van der Waals surface area contributed by atoms with Gasteiger partial charge in [-0.3, -0.25) is 4.79 Å². The van der Waals surface area contributed by atoms with Crippen molar-refractivity contribution < 1.29 is 14.3 Å². The van der Waals surface area contributed by atoms with Gasteiger partial charge in [0.1, 0.15) is 5.75 Å². The van der Waals surface area contributed by atoms with Crippen LogP contribution in [-0.4, -0.2) is 19.7 Å². The smallest absolute Gasteiger partial charge is 0.310 e. The molecule has 0 bridgehead atoms. The highest BCUT2D eigenvalue weighted by Crippen LogP contribution is 2.15. The first-order chi connectivity index (χ1) is 9.71. The van der Waals surface area contributed by atoms with Crippen molar-refractivity contribution in [2.75, 3.05) is 13.7 Å². The zero-order valence-electron chi connectivity index (χ0n) is 12.0. The molecule has 0 N–H and O–H groups in total. The number of esters is 1. The Balaban J connectivity index is 2.59. The molecule has 1 aromatic carbocycles. The van der Waals surface area contributed by atoms with Crippen LogP contribution in [-0.2, 0) is 9.53 Å². The van der Waals surface area contributed by atoms with Crippen LogP contribution in [0.3, 0.4) is 0 Å². The first-order valence-electron chi connectivity index (χ1n) is 6.62. The molecule has 0 fully saturated rings. The highest BCUT2D eigenvalue weighted by atomic mass is 16.5. The van der Waals surface area contributed by atoms with Crippen molar-refractivity contribution in [3.63, 3.8) is 0 Å². The average molecular weight is 272 g/mol. The molecule has 1 aromatic rings. The molecule has 0 saturated heterocycles. The van der Waals surface area contributed by atoms with Gasteiger partial charge in [-0.25, -0.2) is 0 Å². The Hall–Kier alpha value is -2.21. The maximum Gasteiger partial charge on any atom is 0.310 e. The molecule has 1 atom stereocenters. The summed E-state index contributed by atoms with van der Waals surface area (Å²) >= 11 is 0. The molecule has 0 aromatic heterocycles. The standard InChI is InChI=1S/C17H20O3/c1-4-7-15(17(18)20-5-2)9-6-8-14-10-12-16(19-3)13-11-14/h1,6,8,10-13,15H,5,7,9H2,2-3H3/b8-6+. The molecular formula is C17H20O3. The number of rotatable bonds is 7. The first-order valence-corrected chi connectivity index (χ1v) is 6.62. The van der Waals surface area contributed by atoms with Crippen LogP contribution < -0.4 is 4.74 Å². The van der Waals surface area contributed by atoms with E-state index in [2.05, 4.69) is 5.92 Å². The maximum absolute atomic E-state index is 11.7. The van der Waals surface area contributed by atoms with Crippen LogP contribution >= 0.6 is 0 Å². The van der Waals surface area contributed by atoms with Crippen LogP contribution in [0.4, 0.5) is 0 Å². The minimum absolute atomic E-state index is 0.232. The van der Waals surface area contributed by atoms with Gasteiger partial charge in [0, 0.05) is 6.42 Å². The van der Waals surface area contributed by atoms with E-state index >= 15 is 0 Å². The number of benzene rings is 1. The predicted octanol–water partition coefficient (Wildman–Crippen LogP) is 3.30. The molecule has 3 nitrogen and oxygen atoms in total. The third-order valence-electron chi connectivity index (χ3n) is 2.83. The van der Waals surface area contributed by atoms with Crippen molar-refractivity contribution in [2.24, 2.45) is 5.92 Å². The summed E-state index contributed by atoms with van der Waals surface area (Å²) in [5.41, 5.74) is 1.05. The maximum atomic E-state index is 11.7. The second-order valence-corrected chi connectivity index (χ2v) is 4.27. The van der Waals surface area contributed by atoms with E-state index in [4.69, 9.17) is 15.9 Å². The number of hydrogen-bond donors (Lipinski definition) is 0. The summed E-state index contributed by atoms with van der Waals surface area (Å²) in [4.78, 5) is 11.7. The average Bonchev–Trinajstić information content (AvgIpc) is 2.47. The van der Waals surface area contributed by atoms with Gasteiger partial charge >= 0.3 is 5.97 Å². The molecule has 0 saturated carbocycles.